The predicted molar refractivity (Wildman–Crippen MR) is 43.0 cm³/mol. The highest BCUT2D eigenvalue weighted by molar-refractivity contribution is 5.73. The van der Waals surface area contributed by atoms with E-state index >= 15 is 0 Å². The van der Waals surface area contributed by atoms with E-state index in [9.17, 15) is 31.1 Å². The Balaban J connectivity index is 3.39. The van der Waals surface area contributed by atoms with Gasteiger partial charge in [-0.2, -0.15) is 13.2 Å². The highest BCUT2D eigenvalue weighted by atomic mass is 19.4. The first kappa shape index (κ1) is 14.1. The number of alkyl halides is 6. The minimum absolute atomic E-state index is 0.103. The third-order valence-corrected chi connectivity index (χ3v) is 1.62. The molecule has 1 heterocycles. The zero-order valence-electron chi connectivity index (χ0n) is 8.13. The first-order valence-electron chi connectivity index (χ1n) is 4.06. The van der Waals surface area contributed by atoms with Gasteiger partial charge < -0.3 is 9.84 Å². The molecule has 10 heteroatoms. The number of carbonyl (C=O) groups excluding carboxylic acids is 1. The molecule has 0 fully saturated rings. The van der Waals surface area contributed by atoms with E-state index in [1.54, 1.807) is 0 Å². The Hall–Kier alpha value is -2.00. The summed E-state index contributed by atoms with van der Waals surface area (Å²) < 4.78 is 75.6. The van der Waals surface area contributed by atoms with Crippen molar-refractivity contribution in [1.29, 1.82) is 0 Å². The molecule has 0 aliphatic rings. The van der Waals surface area contributed by atoms with Crippen LogP contribution >= 0.6 is 0 Å². The van der Waals surface area contributed by atoms with Crippen LogP contribution in [-0.2, 0) is 6.18 Å². The number of ether oxygens (including phenoxy) is 1. The Labute approximate surface area is 94.8 Å². The molecule has 1 aromatic rings. The third kappa shape index (κ3) is 3.25. The molecule has 1 rings (SSSR count). The quantitative estimate of drug-likeness (QED) is 0.665. The molecule has 100 valence electrons. The fraction of sp³-hybridized carbons (Fsp3) is 0.250. The van der Waals surface area contributed by atoms with Crippen LogP contribution in [0.25, 0.3) is 0 Å². The number of hydrogen-bond donors (Lipinski definition) is 1. The summed E-state index contributed by atoms with van der Waals surface area (Å²) in [5.41, 5.74) is -2.81. The fourth-order valence-corrected chi connectivity index (χ4v) is 0.991. The zero-order valence-corrected chi connectivity index (χ0v) is 8.13. The van der Waals surface area contributed by atoms with Crippen molar-refractivity contribution >= 4 is 6.29 Å². The molecule has 4 nitrogen and oxygen atoms in total. The first-order valence-corrected chi connectivity index (χ1v) is 4.06. The largest absolute Gasteiger partial charge is 0.574 e. The maximum Gasteiger partial charge on any atom is 0.574 e. The van der Waals surface area contributed by atoms with Gasteiger partial charge in [0.25, 0.3) is 5.88 Å². The van der Waals surface area contributed by atoms with E-state index in [4.69, 9.17) is 5.11 Å². The highest BCUT2D eigenvalue weighted by Crippen LogP contribution is 2.41. The van der Waals surface area contributed by atoms with E-state index in [-0.39, 0.29) is 12.4 Å². The second kappa shape index (κ2) is 4.35. The van der Waals surface area contributed by atoms with Gasteiger partial charge in [0.1, 0.15) is 11.3 Å². The maximum atomic E-state index is 12.3. The van der Waals surface area contributed by atoms with Crippen molar-refractivity contribution in [3.8, 4) is 11.6 Å². The second-order valence-corrected chi connectivity index (χ2v) is 2.91. The Bertz CT molecular complexity index is 467. The lowest BCUT2D eigenvalue weighted by Gasteiger charge is -2.14. The van der Waals surface area contributed by atoms with Crippen LogP contribution in [0.2, 0.25) is 0 Å². The molecule has 0 atom stereocenters. The summed E-state index contributed by atoms with van der Waals surface area (Å²) in [6.45, 7) is 0. The Morgan fingerprint density at radius 2 is 1.78 bits per heavy atom. The third-order valence-electron chi connectivity index (χ3n) is 1.62. The molecule has 0 aliphatic heterocycles. The monoisotopic (exact) mass is 275 g/mol. The maximum absolute atomic E-state index is 12.3. The van der Waals surface area contributed by atoms with Crippen LogP contribution in [0.3, 0.4) is 0 Å². The van der Waals surface area contributed by atoms with E-state index in [2.05, 4.69) is 9.72 Å². The first-order chi connectivity index (χ1) is 8.04. The van der Waals surface area contributed by atoms with Crippen molar-refractivity contribution in [2.24, 2.45) is 0 Å². The van der Waals surface area contributed by atoms with Crippen LogP contribution in [0, 0.1) is 0 Å². The van der Waals surface area contributed by atoms with Crippen molar-refractivity contribution in [2.45, 2.75) is 12.5 Å². The predicted octanol–water partition coefficient (Wildman–Crippen LogP) is 2.52. The van der Waals surface area contributed by atoms with Gasteiger partial charge in [-0.05, 0) is 6.07 Å². The lowest BCUT2D eigenvalue weighted by Crippen LogP contribution is -2.19. The summed E-state index contributed by atoms with van der Waals surface area (Å²) >= 11 is 0. The van der Waals surface area contributed by atoms with Crippen molar-refractivity contribution in [2.75, 3.05) is 0 Å². The lowest BCUT2D eigenvalue weighted by molar-refractivity contribution is -0.276. The lowest BCUT2D eigenvalue weighted by atomic mass is 10.2. The number of aldehydes is 1. The van der Waals surface area contributed by atoms with E-state index in [1.165, 1.54) is 0 Å². The molecule has 0 radical (unpaired) electrons. The smallest absolute Gasteiger partial charge is 0.503 e. The molecule has 1 aromatic heterocycles. The number of aromatic nitrogens is 1. The number of hydrogen-bond acceptors (Lipinski definition) is 4. The summed E-state index contributed by atoms with van der Waals surface area (Å²) in [5, 5.41) is 8.98. The second-order valence-electron chi connectivity index (χ2n) is 2.91. The van der Waals surface area contributed by atoms with Crippen molar-refractivity contribution in [3.63, 3.8) is 0 Å². The highest BCUT2D eigenvalue weighted by Gasteiger charge is 2.39. The molecule has 0 aromatic carbocycles. The number of nitrogens with zero attached hydrogens (tertiary/aromatic N) is 1. The van der Waals surface area contributed by atoms with Crippen LogP contribution in [0.5, 0.6) is 11.6 Å². The van der Waals surface area contributed by atoms with E-state index in [1.807, 2.05) is 0 Å². The summed E-state index contributed by atoms with van der Waals surface area (Å²) in [6, 6.07) is 0.103. The van der Waals surface area contributed by atoms with Crippen LogP contribution in [0.4, 0.5) is 26.3 Å². The molecule has 0 amide bonds. The van der Waals surface area contributed by atoms with Gasteiger partial charge in [-0.3, -0.25) is 4.79 Å². The molecule has 0 aliphatic carbocycles. The van der Waals surface area contributed by atoms with Crippen molar-refractivity contribution < 1.29 is 41.0 Å². The van der Waals surface area contributed by atoms with Crippen LogP contribution < -0.4 is 4.74 Å². The number of pyridine rings is 1. The number of carbonyl (C=O) groups is 1. The molecule has 1 N–H and O–H groups in total. The van der Waals surface area contributed by atoms with Crippen LogP contribution in [-0.4, -0.2) is 22.7 Å². The van der Waals surface area contributed by atoms with Gasteiger partial charge in [-0.25, -0.2) is 4.98 Å². The van der Waals surface area contributed by atoms with Crippen LogP contribution in [0.15, 0.2) is 6.07 Å². The molecule has 0 unspecified atom stereocenters. The topological polar surface area (TPSA) is 59.4 Å². The molecule has 0 spiro atoms. The van der Waals surface area contributed by atoms with Crippen molar-refractivity contribution in [3.05, 3.63) is 17.3 Å². The zero-order chi connectivity index (χ0) is 14.1. The molecular formula is C8H3F6NO3. The molecule has 18 heavy (non-hydrogen) atoms. The van der Waals surface area contributed by atoms with Gasteiger partial charge >= 0.3 is 12.5 Å². The van der Waals surface area contributed by atoms with Gasteiger partial charge in [0.05, 0.1) is 0 Å². The van der Waals surface area contributed by atoms with E-state index in [0.29, 0.717) is 0 Å². The van der Waals surface area contributed by atoms with Gasteiger partial charge in [0.2, 0.25) is 0 Å². The van der Waals surface area contributed by atoms with Crippen molar-refractivity contribution in [1.82, 2.24) is 4.98 Å². The summed E-state index contributed by atoms with van der Waals surface area (Å²) in [4.78, 5) is 13.1. The molecule has 0 saturated heterocycles. The minimum Gasteiger partial charge on any atom is -0.503 e. The normalized spacial score (nSPS) is 12.3. The average molecular weight is 275 g/mol. The Kier molecular flexibility index (Phi) is 3.40. The van der Waals surface area contributed by atoms with E-state index in [0.717, 1.165) is 0 Å². The van der Waals surface area contributed by atoms with E-state index < -0.39 is 35.4 Å². The average Bonchev–Trinajstić information content (AvgIpc) is 2.17. The summed E-state index contributed by atoms with van der Waals surface area (Å²) in [6.07, 6.45) is -10.7. The summed E-state index contributed by atoms with van der Waals surface area (Å²) in [7, 11) is 0. The number of rotatable bonds is 2. The van der Waals surface area contributed by atoms with Gasteiger partial charge in [0.15, 0.2) is 12.0 Å². The number of aromatic hydroxyl groups is 1. The van der Waals surface area contributed by atoms with Gasteiger partial charge in [-0.15, -0.1) is 13.2 Å². The van der Waals surface area contributed by atoms with Gasteiger partial charge in [0, 0.05) is 0 Å². The Morgan fingerprint density at radius 1 is 1.22 bits per heavy atom. The standard InChI is InChI=1S/C8H3F6NO3/c9-7(10,11)4-1-3(2-16)15-6(5(4)17)18-8(12,13)14/h1-2,17H. The van der Waals surface area contributed by atoms with Gasteiger partial charge in [-0.1, -0.05) is 0 Å². The van der Waals surface area contributed by atoms with Crippen LogP contribution in [0.1, 0.15) is 16.1 Å². The SMILES string of the molecule is O=Cc1cc(C(F)(F)F)c(O)c(OC(F)(F)F)n1. The fourth-order valence-electron chi connectivity index (χ4n) is 0.991. The molecule has 0 saturated carbocycles. The summed E-state index contributed by atoms with van der Waals surface area (Å²) in [5.74, 6) is -3.58. The Morgan fingerprint density at radius 3 is 2.17 bits per heavy atom. The molecule has 0 bridgehead atoms. The minimum atomic E-state index is -5.35. The number of halogens is 6. The molecular weight excluding hydrogens is 272 g/mol.